The average Bonchev–Trinajstić information content (AvgIpc) is 3.02. The fraction of sp³-hybridized carbons (Fsp3) is 0.575. The smallest absolute Gasteiger partial charge is 0.204 e. The van der Waals surface area contributed by atoms with E-state index in [-0.39, 0.29) is 22.1 Å². The molecule has 8 nitrogen and oxygen atoms in total. The van der Waals surface area contributed by atoms with E-state index in [1.165, 1.54) is 0 Å². The summed E-state index contributed by atoms with van der Waals surface area (Å²) in [7, 11) is 5.88. The number of hydrogen-bond acceptors (Lipinski definition) is 8. The van der Waals surface area contributed by atoms with Crippen LogP contribution in [0.25, 0.3) is 21.9 Å². The van der Waals surface area contributed by atoms with Gasteiger partial charge in [-0.15, -0.1) is 0 Å². The SMILES string of the molecule is CCCN(C)CCCCOc1cc2oc3cc(OCCCCN(C)CCC)c(OC)c(CC=C(C)C)c3c(=O)c2c(O)c1CC=C(C)C. The molecule has 0 bridgehead atoms. The second kappa shape index (κ2) is 19.5. The monoisotopic (exact) mass is 664 g/mol. The van der Waals surface area contributed by atoms with Gasteiger partial charge in [0.1, 0.15) is 28.1 Å². The summed E-state index contributed by atoms with van der Waals surface area (Å²) >= 11 is 0. The lowest BCUT2D eigenvalue weighted by Crippen LogP contribution is -2.20. The first-order valence-corrected chi connectivity index (χ1v) is 17.8. The van der Waals surface area contributed by atoms with Gasteiger partial charge in [0, 0.05) is 23.3 Å². The molecule has 0 saturated carbocycles. The van der Waals surface area contributed by atoms with Gasteiger partial charge in [-0.05, 0) is 119 Å². The van der Waals surface area contributed by atoms with Crippen molar-refractivity contribution in [1.82, 2.24) is 9.80 Å². The zero-order chi connectivity index (χ0) is 35.2. The van der Waals surface area contributed by atoms with Crippen LogP contribution < -0.4 is 19.6 Å². The van der Waals surface area contributed by atoms with Crippen molar-refractivity contribution < 1.29 is 23.7 Å². The first kappa shape index (κ1) is 39.0. The number of fused-ring (bicyclic) bond motifs is 2. The van der Waals surface area contributed by atoms with Crippen LogP contribution in [0.2, 0.25) is 0 Å². The van der Waals surface area contributed by atoms with Crippen molar-refractivity contribution in [3.05, 3.63) is 56.8 Å². The van der Waals surface area contributed by atoms with Gasteiger partial charge in [-0.1, -0.05) is 37.1 Å². The maximum absolute atomic E-state index is 14.4. The minimum atomic E-state index is -0.298. The standard InChI is InChI=1S/C40H60N2O6/c1-10-20-41(7)22-12-14-24-46-32-26-34-37(38(43)30(32)18-16-28(3)4)39(44)36-31(19-17-29(5)6)40(45-9)35(27-33(36)48-34)47-25-15-13-23-42(8)21-11-2/h16-17,26-27,43H,10-15,18-25H2,1-9H3. The Morgan fingerprint density at radius 2 is 1.25 bits per heavy atom. The molecule has 3 rings (SSSR count). The molecule has 0 aliphatic carbocycles. The summed E-state index contributed by atoms with van der Waals surface area (Å²) < 4.78 is 24.9. The Labute approximate surface area is 288 Å². The molecule has 3 aromatic rings. The molecule has 1 aromatic heterocycles. The molecule has 0 aliphatic rings. The third kappa shape index (κ3) is 10.8. The molecule has 0 saturated heterocycles. The van der Waals surface area contributed by atoms with Gasteiger partial charge >= 0.3 is 0 Å². The zero-order valence-corrected chi connectivity index (χ0v) is 31.1. The van der Waals surface area contributed by atoms with Crippen LogP contribution >= 0.6 is 0 Å². The first-order valence-electron chi connectivity index (χ1n) is 17.8. The Kier molecular flexibility index (Phi) is 15.8. The van der Waals surface area contributed by atoms with Gasteiger partial charge in [0.15, 0.2) is 11.5 Å². The highest BCUT2D eigenvalue weighted by molar-refractivity contribution is 5.98. The Morgan fingerprint density at radius 3 is 1.77 bits per heavy atom. The third-order valence-electron chi connectivity index (χ3n) is 8.54. The van der Waals surface area contributed by atoms with E-state index >= 15 is 0 Å². The molecule has 266 valence electrons. The third-order valence-corrected chi connectivity index (χ3v) is 8.54. The molecule has 48 heavy (non-hydrogen) atoms. The fourth-order valence-electron chi connectivity index (χ4n) is 5.99. The van der Waals surface area contributed by atoms with Crippen LogP contribution in [0, 0.1) is 0 Å². The van der Waals surface area contributed by atoms with Crippen LogP contribution in [-0.4, -0.2) is 75.5 Å². The van der Waals surface area contributed by atoms with Gasteiger partial charge < -0.3 is 33.5 Å². The van der Waals surface area contributed by atoms with Crippen LogP contribution in [0.5, 0.6) is 23.0 Å². The Bertz CT molecular complexity index is 1600. The predicted octanol–water partition coefficient (Wildman–Crippen LogP) is 8.68. The fourth-order valence-corrected chi connectivity index (χ4v) is 5.99. The van der Waals surface area contributed by atoms with Crippen molar-refractivity contribution in [2.24, 2.45) is 0 Å². The van der Waals surface area contributed by atoms with Crippen LogP contribution in [0.15, 0.2) is 44.6 Å². The molecule has 0 spiro atoms. The number of allylic oxidation sites excluding steroid dienone is 4. The molecule has 0 fully saturated rings. The number of nitrogens with zero attached hydrogens (tertiary/aromatic N) is 2. The number of ether oxygens (including phenoxy) is 3. The Balaban J connectivity index is 2.09. The van der Waals surface area contributed by atoms with Crippen LogP contribution in [-0.2, 0) is 12.8 Å². The van der Waals surface area contributed by atoms with Crippen LogP contribution in [0.4, 0.5) is 0 Å². The molecule has 1 N–H and O–H groups in total. The lowest BCUT2D eigenvalue weighted by atomic mass is 9.98. The zero-order valence-electron chi connectivity index (χ0n) is 31.1. The second-order valence-corrected chi connectivity index (χ2v) is 13.5. The molecule has 0 radical (unpaired) electrons. The number of unbranched alkanes of at least 4 members (excludes halogenated alkanes) is 2. The van der Waals surface area contributed by atoms with E-state index in [9.17, 15) is 9.90 Å². The van der Waals surface area contributed by atoms with Gasteiger partial charge in [-0.3, -0.25) is 4.79 Å². The number of aromatic hydroxyl groups is 1. The quantitative estimate of drug-likeness (QED) is 0.0688. The molecule has 2 aromatic carbocycles. The number of rotatable bonds is 21. The highest BCUT2D eigenvalue weighted by Gasteiger charge is 2.24. The summed E-state index contributed by atoms with van der Waals surface area (Å²) in [5.41, 5.74) is 3.87. The first-order chi connectivity index (χ1) is 23.0. The minimum Gasteiger partial charge on any atom is -0.507 e. The van der Waals surface area contributed by atoms with E-state index in [1.54, 1.807) is 19.2 Å². The average molecular weight is 665 g/mol. The Morgan fingerprint density at radius 1 is 0.750 bits per heavy atom. The van der Waals surface area contributed by atoms with Gasteiger partial charge in [0.25, 0.3) is 0 Å². The molecular formula is C40H60N2O6. The molecule has 1 heterocycles. The summed E-state index contributed by atoms with van der Waals surface area (Å²) in [5.74, 6) is 1.49. The molecule has 0 unspecified atom stereocenters. The maximum atomic E-state index is 14.4. The van der Waals surface area contributed by atoms with Gasteiger partial charge in [0.2, 0.25) is 5.43 Å². The summed E-state index contributed by atoms with van der Waals surface area (Å²) in [6, 6.07) is 3.52. The largest absolute Gasteiger partial charge is 0.507 e. The van der Waals surface area contributed by atoms with E-state index < -0.39 is 0 Å². The Hall–Kier alpha value is -3.49. The molecule has 0 amide bonds. The molecular weight excluding hydrogens is 604 g/mol. The van der Waals surface area contributed by atoms with Crippen molar-refractivity contribution >= 4 is 21.9 Å². The molecule has 0 atom stereocenters. The lowest BCUT2D eigenvalue weighted by molar-refractivity contribution is 0.268. The van der Waals surface area contributed by atoms with E-state index in [0.717, 1.165) is 75.9 Å². The van der Waals surface area contributed by atoms with Gasteiger partial charge in [-0.25, -0.2) is 0 Å². The van der Waals surface area contributed by atoms with Crippen molar-refractivity contribution in [3.63, 3.8) is 0 Å². The van der Waals surface area contributed by atoms with E-state index in [4.69, 9.17) is 18.6 Å². The predicted molar refractivity (Wildman–Crippen MR) is 200 cm³/mol. The van der Waals surface area contributed by atoms with E-state index in [1.807, 2.05) is 33.8 Å². The molecule has 0 aliphatic heterocycles. The number of methoxy groups -OCH3 is 1. The highest BCUT2D eigenvalue weighted by Crippen LogP contribution is 2.41. The number of phenolic OH excluding ortho intramolecular Hbond substituents is 1. The highest BCUT2D eigenvalue weighted by atomic mass is 16.5. The topological polar surface area (TPSA) is 84.6 Å². The van der Waals surface area contributed by atoms with Crippen LogP contribution in [0.1, 0.15) is 91.2 Å². The summed E-state index contributed by atoms with van der Waals surface area (Å²) in [4.78, 5) is 19.0. The summed E-state index contributed by atoms with van der Waals surface area (Å²) in [5, 5.41) is 12.2. The van der Waals surface area contributed by atoms with Crippen LogP contribution in [0.3, 0.4) is 0 Å². The lowest BCUT2D eigenvalue weighted by Gasteiger charge is -2.19. The summed E-state index contributed by atoms with van der Waals surface area (Å²) in [6.45, 7) is 17.6. The van der Waals surface area contributed by atoms with E-state index in [2.05, 4.69) is 43.8 Å². The van der Waals surface area contributed by atoms with Crippen molar-refractivity contribution in [1.29, 1.82) is 0 Å². The minimum absolute atomic E-state index is 0.0983. The van der Waals surface area contributed by atoms with Gasteiger partial charge in [0.05, 0.1) is 25.7 Å². The number of benzene rings is 2. The van der Waals surface area contributed by atoms with Crippen molar-refractivity contribution in [2.45, 2.75) is 92.9 Å². The summed E-state index contributed by atoms with van der Waals surface area (Å²) in [6.07, 6.45) is 11.0. The van der Waals surface area contributed by atoms with E-state index in [0.29, 0.717) is 65.4 Å². The van der Waals surface area contributed by atoms with Crippen molar-refractivity contribution in [3.8, 4) is 23.0 Å². The van der Waals surface area contributed by atoms with Crippen molar-refractivity contribution in [2.75, 3.05) is 60.6 Å². The van der Waals surface area contributed by atoms with Gasteiger partial charge in [-0.2, -0.15) is 0 Å². The second-order valence-electron chi connectivity index (χ2n) is 13.5. The number of hydrogen-bond donors (Lipinski definition) is 1. The maximum Gasteiger partial charge on any atom is 0.204 e. The number of phenols is 1. The molecule has 8 heteroatoms. The normalized spacial score (nSPS) is 11.5.